The molecule has 0 aliphatic heterocycles. The van der Waals surface area contributed by atoms with E-state index in [0.29, 0.717) is 0 Å². The second-order valence-electron chi connectivity index (χ2n) is 2.42. The average molecular weight is 151 g/mol. The van der Waals surface area contributed by atoms with Gasteiger partial charge >= 0.3 is 0 Å². The third-order valence-electron chi connectivity index (χ3n) is 1.83. The first-order valence-electron chi connectivity index (χ1n) is 3.40. The number of hydrogen-bond donors (Lipinski definition) is 0. The highest BCUT2D eigenvalue weighted by Crippen LogP contribution is 2.24. The molecule has 11 heavy (non-hydrogen) atoms. The fourth-order valence-electron chi connectivity index (χ4n) is 1.22. The standard InChI is InChI=1S/C8H9NO2/c1-9-6-3-4-11-7(6)5-8(9)10-2/h3-5H,1-2H3. The van der Waals surface area contributed by atoms with Gasteiger partial charge in [0, 0.05) is 19.2 Å². The van der Waals surface area contributed by atoms with Gasteiger partial charge in [0.1, 0.15) is 0 Å². The van der Waals surface area contributed by atoms with E-state index in [4.69, 9.17) is 9.15 Å². The number of furan rings is 1. The van der Waals surface area contributed by atoms with Crippen LogP contribution in [0.25, 0.3) is 11.1 Å². The van der Waals surface area contributed by atoms with Gasteiger partial charge in [0.2, 0.25) is 0 Å². The monoisotopic (exact) mass is 151 g/mol. The number of aryl methyl sites for hydroxylation is 1. The zero-order valence-electron chi connectivity index (χ0n) is 6.50. The molecule has 0 spiro atoms. The third-order valence-corrected chi connectivity index (χ3v) is 1.83. The highest BCUT2D eigenvalue weighted by atomic mass is 16.5. The molecule has 2 heterocycles. The first kappa shape index (κ1) is 6.34. The summed E-state index contributed by atoms with van der Waals surface area (Å²) in [6.07, 6.45) is 1.67. The second kappa shape index (κ2) is 2.05. The van der Waals surface area contributed by atoms with E-state index in [1.807, 2.05) is 23.7 Å². The van der Waals surface area contributed by atoms with Gasteiger partial charge < -0.3 is 13.7 Å². The van der Waals surface area contributed by atoms with Crippen molar-refractivity contribution in [3.8, 4) is 5.88 Å². The minimum absolute atomic E-state index is 0.819. The van der Waals surface area contributed by atoms with E-state index in [-0.39, 0.29) is 0 Å². The maximum Gasteiger partial charge on any atom is 0.197 e. The van der Waals surface area contributed by atoms with Crippen LogP contribution in [0.4, 0.5) is 0 Å². The van der Waals surface area contributed by atoms with Crippen LogP contribution in [0.1, 0.15) is 0 Å². The lowest BCUT2D eigenvalue weighted by Gasteiger charge is -1.98. The normalized spacial score (nSPS) is 10.7. The number of methoxy groups -OCH3 is 1. The van der Waals surface area contributed by atoms with Crippen molar-refractivity contribution >= 4 is 11.1 Å². The SMILES string of the molecule is COc1cc2occc2n1C. The van der Waals surface area contributed by atoms with Gasteiger partial charge in [-0.1, -0.05) is 0 Å². The molecular weight excluding hydrogens is 142 g/mol. The lowest BCUT2D eigenvalue weighted by molar-refractivity contribution is 0.384. The van der Waals surface area contributed by atoms with Crippen LogP contribution in [0.2, 0.25) is 0 Å². The first-order chi connectivity index (χ1) is 5.33. The number of aromatic nitrogens is 1. The zero-order chi connectivity index (χ0) is 7.84. The van der Waals surface area contributed by atoms with E-state index < -0.39 is 0 Å². The van der Waals surface area contributed by atoms with Crippen LogP contribution in [0.3, 0.4) is 0 Å². The summed E-state index contributed by atoms with van der Waals surface area (Å²) in [7, 11) is 3.59. The summed E-state index contributed by atoms with van der Waals surface area (Å²) in [6, 6.07) is 3.78. The molecule has 0 saturated heterocycles. The minimum atomic E-state index is 0.819. The smallest absolute Gasteiger partial charge is 0.197 e. The van der Waals surface area contributed by atoms with Crippen molar-refractivity contribution in [2.75, 3.05) is 7.11 Å². The number of rotatable bonds is 1. The molecule has 0 N–H and O–H groups in total. The maximum atomic E-state index is 5.18. The van der Waals surface area contributed by atoms with Crippen LogP contribution < -0.4 is 4.74 Å². The molecule has 0 aliphatic rings. The first-order valence-corrected chi connectivity index (χ1v) is 3.40. The van der Waals surface area contributed by atoms with Crippen LogP contribution in [0.5, 0.6) is 5.88 Å². The quantitative estimate of drug-likeness (QED) is 0.621. The molecule has 2 rings (SSSR count). The zero-order valence-corrected chi connectivity index (χ0v) is 6.50. The second-order valence-corrected chi connectivity index (χ2v) is 2.42. The van der Waals surface area contributed by atoms with Gasteiger partial charge in [-0.3, -0.25) is 0 Å². The molecular formula is C8H9NO2. The van der Waals surface area contributed by atoms with E-state index in [1.54, 1.807) is 13.4 Å². The Hall–Kier alpha value is -1.38. The molecule has 0 amide bonds. The highest BCUT2D eigenvalue weighted by Gasteiger charge is 2.06. The van der Waals surface area contributed by atoms with Crippen LogP contribution in [0, 0.1) is 0 Å². The molecule has 3 nitrogen and oxygen atoms in total. The fourth-order valence-corrected chi connectivity index (χ4v) is 1.22. The number of ether oxygens (including phenoxy) is 1. The van der Waals surface area contributed by atoms with Crippen molar-refractivity contribution in [2.24, 2.45) is 7.05 Å². The molecule has 0 radical (unpaired) electrons. The molecule has 3 heteroatoms. The predicted molar refractivity (Wildman–Crippen MR) is 41.7 cm³/mol. The predicted octanol–water partition coefficient (Wildman–Crippen LogP) is 1.78. The molecule has 58 valence electrons. The van der Waals surface area contributed by atoms with Crippen molar-refractivity contribution in [2.45, 2.75) is 0 Å². The molecule has 0 aromatic carbocycles. The van der Waals surface area contributed by atoms with Crippen LogP contribution >= 0.6 is 0 Å². The van der Waals surface area contributed by atoms with Crippen molar-refractivity contribution in [3.63, 3.8) is 0 Å². The lowest BCUT2D eigenvalue weighted by atomic mass is 10.5. The summed E-state index contributed by atoms with van der Waals surface area (Å²) in [6.45, 7) is 0. The van der Waals surface area contributed by atoms with Crippen molar-refractivity contribution in [1.29, 1.82) is 0 Å². The van der Waals surface area contributed by atoms with Gasteiger partial charge in [-0.2, -0.15) is 0 Å². The Morgan fingerprint density at radius 3 is 3.00 bits per heavy atom. The minimum Gasteiger partial charge on any atom is -0.482 e. The van der Waals surface area contributed by atoms with Crippen molar-refractivity contribution < 1.29 is 9.15 Å². The average Bonchev–Trinajstić information content (AvgIpc) is 2.53. The summed E-state index contributed by atoms with van der Waals surface area (Å²) in [4.78, 5) is 0. The molecule has 0 bridgehead atoms. The van der Waals surface area contributed by atoms with Gasteiger partial charge in [-0.25, -0.2) is 0 Å². The molecule has 0 aliphatic carbocycles. The van der Waals surface area contributed by atoms with Gasteiger partial charge in [-0.05, 0) is 0 Å². The van der Waals surface area contributed by atoms with Gasteiger partial charge in [0.25, 0.3) is 0 Å². The molecule has 0 saturated carbocycles. The third kappa shape index (κ3) is 0.738. The number of fused-ring (bicyclic) bond motifs is 1. The Kier molecular flexibility index (Phi) is 1.18. The van der Waals surface area contributed by atoms with Gasteiger partial charge in [0.05, 0.1) is 18.9 Å². The Balaban J connectivity index is 2.76. The molecule has 0 atom stereocenters. The summed E-state index contributed by atoms with van der Waals surface area (Å²) >= 11 is 0. The van der Waals surface area contributed by atoms with Gasteiger partial charge in [0.15, 0.2) is 11.5 Å². The molecule has 0 fully saturated rings. The van der Waals surface area contributed by atoms with E-state index in [0.717, 1.165) is 17.0 Å². The summed E-state index contributed by atoms with van der Waals surface area (Å²) in [5.74, 6) is 0.819. The van der Waals surface area contributed by atoms with E-state index in [2.05, 4.69) is 0 Å². The molecule has 0 unspecified atom stereocenters. The van der Waals surface area contributed by atoms with Gasteiger partial charge in [-0.15, -0.1) is 0 Å². The summed E-state index contributed by atoms with van der Waals surface area (Å²) in [5, 5.41) is 0. The Morgan fingerprint density at radius 2 is 2.36 bits per heavy atom. The maximum absolute atomic E-state index is 5.18. The van der Waals surface area contributed by atoms with Crippen molar-refractivity contribution in [3.05, 3.63) is 18.4 Å². The Labute approximate surface area is 64.2 Å². The lowest BCUT2D eigenvalue weighted by Crippen LogP contribution is -1.91. The number of nitrogens with zero attached hydrogens (tertiary/aromatic N) is 1. The Morgan fingerprint density at radius 1 is 1.55 bits per heavy atom. The summed E-state index contributed by atoms with van der Waals surface area (Å²) in [5.41, 5.74) is 1.92. The largest absolute Gasteiger partial charge is 0.482 e. The van der Waals surface area contributed by atoms with E-state index in [9.17, 15) is 0 Å². The van der Waals surface area contributed by atoms with E-state index in [1.165, 1.54) is 0 Å². The van der Waals surface area contributed by atoms with Crippen LogP contribution in [-0.4, -0.2) is 11.7 Å². The summed E-state index contributed by atoms with van der Waals surface area (Å²) < 4.78 is 12.2. The van der Waals surface area contributed by atoms with Crippen molar-refractivity contribution in [1.82, 2.24) is 4.57 Å². The molecule has 2 aromatic rings. The highest BCUT2D eigenvalue weighted by molar-refractivity contribution is 5.76. The molecule has 2 aromatic heterocycles. The number of hydrogen-bond acceptors (Lipinski definition) is 2. The fraction of sp³-hybridized carbons (Fsp3) is 0.250. The van der Waals surface area contributed by atoms with E-state index >= 15 is 0 Å². The van der Waals surface area contributed by atoms with Crippen LogP contribution in [0.15, 0.2) is 22.8 Å². The Bertz CT molecular complexity index is 372. The topological polar surface area (TPSA) is 27.3 Å². The van der Waals surface area contributed by atoms with Crippen LogP contribution in [-0.2, 0) is 7.05 Å².